The van der Waals surface area contributed by atoms with Crippen molar-refractivity contribution >= 4 is 57.6 Å². The number of hydrogen-bond donors (Lipinski definition) is 2. The van der Waals surface area contributed by atoms with Crippen LogP contribution in [0, 0.1) is 0 Å². The molecule has 3 aromatic rings. The topological polar surface area (TPSA) is 67.4 Å². The third-order valence-corrected chi connectivity index (χ3v) is 6.73. The number of thiophene rings is 1. The first-order valence-electron chi connectivity index (χ1n) is 9.78. The minimum Gasteiger partial charge on any atom is -0.462 e. The normalized spacial score (nSPS) is 10.5. The van der Waals surface area contributed by atoms with Gasteiger partial charge >= 0.3 is 5.97 Å². The Kier molecular flexibility index (Phi) is 8.87. The lowest BCUT2D eigenvalue weighted by atomic mass is 10.1. The highest BCUT2D eigenvalue weighted by molar-refractivity contribution is 8.00. The summed E-state index contributed by atoms with van der Waals surface area (Å²) in [5.74, 6) is 0.0850. The van der Waals surface area contributed by atoms with E-state index < -0.39 is 5.97 Å². The molecule has 0 fully saturated rings. The molecule has 31 heavy (non-hydrogen) atoms. The minimum absolute atomic E-state index is 0.127. The fourth-order valence-corrected chi connectivity index (χ4v) is 5.15. The lowest BCUT2D eigenvalue weighted by Crippen LogP contribution is -2.14. The molecule has 2 aromatic carbocycles. The van der Waals surface area contributed by atoms with Gasteiger partial charge in [-0.3, -0.25) is 4.79 Å². The monoisotopic (exact) mass is 472 g/mol. The van der Waals surface area contributed by atoms with Crippen LogP contribution in [-0.2, 0) is 9.53 Å². The Bertz CT molecular complexity index is 1020. The molecule has 0 saturated carbocycles. The van der Waals surface area contributed by atoms with E-state index in [-0.39, 0.29) is 12.5 Å². The van der Waals surface area contributed by atoms with E-state index in [0.29, 0.717) is 22.7 Å². The predicted molar refractivity (Wildman–Crippen MR) is 133 cm³/mol. The number of benzene rings is 2. The summed E-state index contributed by atoms with van der Waals surface area (Å²) in [6, 6.07) is 19.6. The van der Waals surface area contributed by atoms with Gasteiger partial charge in [-0.1, -0.05) is 48.3 Å². The van der Waals surface area contributed by atoms with Crippen LogP contribution in [0.3, 0.4) is 0 Å². The molecule has 0 aliphatic rings. The SMILES string of the molecule is CCOC(=O)c1cc(-c2ccccc2)sc1NC(=O)CCSc1cccc(NSC)c1. The van der Waals surface area contributed by atoms with Crippen molar-refractivity contribution in [1.29, 1.82) is 0 Å². The molecule has 1 heterocycles. The zero-order chi connectivity index (χ0) is 22.1. The van der Waals surface area contributed by atoms with Gasteiger partial charge in [0, 0.05) is 33.9 Å². The zero-order valence-electron chi connectivity index (χ0n) is 17.3. The summed E-state index contributed by atoms with van der Waals surface area (Å²) in [5.41, 5.74) is 2.42. The van der Waals surface area contributed by atoms with Gasteiger partial charge in [0.2, 0.25) is 5.91 Å². The van der Waals surface area contributed by atoms with Gasteiger partial charge in [0.1, 0.15) is 5.00 Å². The second kappa shape index (κ2) is 11.8. The Hall–Kier alpha value is -2.42. The number of esters is 1. The van der Waals surface area contributed by atoms with Crippen molar-refractivity contribution in [3.8, 4) is 10.4 Å². The van der Waals surface area contributed by atoms with Crippen LogP contribution < -0.4 is 10.0 Å². The predicted octanol–water partition coefficient (Wildman–Crippen LogP) is 6.40. The number of rotatable bonds is 10. The summed E-state index contributed by atoms with van der Waals surface area (Å²) in [6.07, 6.45) is 2.31. The molecule has 0 atom stereocenters. The van der Waals surface area contributed by atoms with Crippen molar-refractivity contribution < 1.29 is 14.3 Å². The third kappa shape index (κ3) is 6.78. The maximum Gasteiger partial charge on any atom is 0.341 e. The van der Waals surface area contributed by atoms with E-state index in [1.807, 2.05) is 54.8 Å². The molecule has 0 radical (unpaired) electrons. The van der Waals surface area contributed by atoms with Gasteiger partial charge in [0.15, 0.2) is 0 Å². The van der Waals surface area contributed by atoms with Gasteiger partial charge in [0.25, 0.3) is 0 Å². The maximum absolute atomic E-state index is 12.6. The summed E-state index contributed by atoms with van der Waals surface area (Å²) in [7, 11) is 0. The van der Waals surface area contributed by atoms with Crippen molar-refractivity contribution in [2.24, 2.45) is 0 Å². The van der Waals surface area contributed by atoms with Crippen LogP contribution in [0.2, 0.25) is 0 Å². The summed E-state index contributed by atoms with van der Waals surface area (Å²) >= 11 is 4.54. The van der Waals surface area contributed by atoms with Gasteiger partial charge in [-0.05, 0) is 36.8 Å². The fraction of sp³-hybridized carbons (Fsp3) is 0.217. The zero-order valence-corrected chi connectivity index (χ0v) is 19.8. The molecule has 0 bridgehead atoms. The van der Waals surface area contributed by atoms with Crippen LogP contribution in [0.4, 0.5) is 10.7 Å². The van der Waals surface area contributed by atoms with E-state index in [2.05, 4.69) is 16.1 Å². The highest BCUT2D eigenvalue weighted by Gasteiger charge is 2.19. The average molecular weight is 473 g/mol. The summed E-state index contributed by atoms with van der Waals surface area (Å²) in [4.78, 5) is 27.0. The minimum atomic E-state index is -0.427. The number of amides is 1. The Balaban J connectivity index is 1.65. The molecule has 162 valence electrons. The molecule has 0 saturated heterocycles. The van der Waals surface area contributed by atoms with E-state index in [9.17, 15) is 9.59 Å². The van der Waals surface area contributed by atoms with Crippen molar-refractivity contribution in [1.82, 2.24) is 0 Å². The standard InChI is InChI=1S/C23H24N2O3S3/c1-3-28-23(27)19-15-20(16-8-5-4-6-9-16)31-22(19)24-21(26)12-13-30-18-11-7-10-17(14-18)25-29-2/h4-11,14-15,25H,3,12-13H2,1-2H3,(H,24,26). The quantitative estimate of drug-likeness (QED) is 0.202. The second-order valence-corrected chi connectivity index (χ2v) is 9.25. The van der Waals surface area contributed by atoms with Gasteiger partial charge < -0.3 is 14.8 Å². The molecule has 0 spiro atoms. The molecule has 3 rings (SSSR count). The maximum atomic E-state index is 12.6. The lowest BCUT2D eigenvalue weighted by Gasteiger charge is -2.07. The molecule has 1 amide bonds. The molecular weight excluding hydrogens is 448 g/mol. The molecule has 0 unspecified atom stereocenters. The van der Waals surface area contributed by atoms with E-state index in [4.69, 9.17) is 4.74 Å². The Morgan fingerprint density at radius 3 is 2.61 bits per heavy atom. The number of thioether (sulfide) groups is 1. The van der Waals surface area contributed by atoms with Gasteiger partial charge in [-0.2, -0.15) is 0 Å². The van der Waals surface area contributed by atoms with Crippen LogP contribution >= 0.6 is 35.0 Å². The third-order valence-electron chi connectivity index (χ3n) is 4.19. The first-order chi connectivity index (χ1) is 15.1. The smallest absolute Gasteiger partial charge is 0.341 e. The van der Waals surface area contributed by atoms with Gasteiger partial charge in [-0.15, -0.1) is 23.1 Å². The van der Waals surface area contributed by atoms with Crippen LogP contribution in [0.15, 0.2) is 65.6 Å². The Morgan fingerprint density at radius 1 is 1.06 bits per heavy atom. The van der Waals surface area contributed by atoms with E-state index >= 15 is 0 Å². The molecule has 2 N–H and O–H groups in total. The molecule has 5 nitrogen and oxygen atoms in total. The average Bonchev–Trinajstić information content (AvgIpc) is 3.19. The van der Waals surface area contributed by atoms with Crippen LogP contribution in [0.5, 0.6) is 0 Å². The van der Waals surface area contributed by atoms with Crippen LogP contribution in [0.1, 0.15) is 23.7 Å². The number of carbonyl (C=O) groups is 2. The first kappa shape index (κ1) is 23.2. The second-order valence-electron chi connectivity index (χ2n) is 6.42. The van der Waals surface area contributed by atoms with Crippen LogP contribution in [0.25, 0.3) is 10.4 Å². The Morgan fingerprint density at radius 2 is 1.87 bits per heavy atom. The van der Waals surface area contributed by atoms with Crippen LogP contribution in [-0.4, -0.2) is 30.5 Å². The molecule has 0 aliphatic heterocycles. The first-order valence-corrected chi connectivity index (χ1v) is 12.8. The van der Waals surface area contributed by atoms with Gasteiger partial charge in [-0.25, -0.2) is 4.79 Å². The van der Waals surface area contributed by atoms with E-state index in [1.54, 1.807) is 36.7 Å². The largest absolute Gasteiger partial charge is 0.462 e. The summed E-state index contributed by atoms with van der Waals surface area (Å²) in [5, 5.41) is 3.43. The molecule has 1 aromatic heterocycles. The number of ether oxygens (including phenoxy) is 1. The summed E-state index contributed by atoms with van der Waals surface area (Å²) < 4.78 is 8.38. The highest BCUT2D eigenvalue weighted by Crippen LogP contribution is 2.36. The Labute approximate surface area is 195 Å². The fourth-order valence-electron chi connectivity index (χ4n) is 2.81. The van der Waals surface area contributed by atoms with Gasteiger partial charge in [0.05, 0.1) is 12.2 Å². The van der Waals surface area contributed by atoms with Crippen molar-refractivity contribution in [3.63, 3.8) is 0 Å². The van der Waals surface area contributed by atoms with Crippen molar-refractivity contribution in [2.45, 2.75) is 18.2 Å². The van der Waals surface area contributed by atoms with E-state index in [1.165, 1.54) is 11.3 Å². The number of anilines is 2. The summed E-state index contributed by atoms with van der Waals surface area (Å²) in [6.45, 7) is 2.05. The van der Waals surface area contributed by atoms with Crippen molar-refractivity contribution in [2.75, 3.05) is 28.7 Å². The molecule has 0 aliphatic carbocycles. The molecular formula is C23H24N2O3S3. The van der Waals surface area contributed by atoms with Crippen molar-refractivity contribution in [3.05, 3.63) is 66.2 Å². The number of hydrogen-bond acceptors (Lipinski definition) is 7. The van der Waals surface area contributed by atoms with E-state index in [0.717, 1.165) is 21.0 Å². The number of nitrogens with one attached hydrogen (secondary N) is 2. The number of carbonyl (C=O) groups excluding carboxylic acids is 2. The highest BCUT2D eigenvalue weighted by atomic mass is 32.2. The molecule has 8 heteroatoms. The lowest BCUT2D eigenvalue weighted by molar-refractivity contribution is -0.115.